The van der Waals surface area contributed by atoms with Crippen LogP contribution in [0.5, 0.6) is 0 Å². The summed E-state index contributed by atoms with van der Waals surface area (Å²) in [7, 11) is 0. The molecule has 18 heavy (non-hydrogen) atoms. The van der Waals surface area contributed by atoms with Crippen molar-refractivity contribution in [2.45, 2.75) is 0 Å². The molecular formula is C6H2N6O6. The van der Waals surface area contributed by atoms with E-state index in [0.717, 1.165) is 6.07 Å². The van der Waals surface area contributed by atoms with E-state index in [1.807, 2.05) is 5.21 Å². The number of hydrogen-bond donors (Lipinski definition) is 1. The molecule has 1 N–H and O–H groups in total. The van der Waals surface area contributed by atoms with Gasteiger partial charge in [0.1, 0.15) is 5.52 Å². The third-order valence-corrected chi connectivity index (χ3v) is 2.10. The molecule has 0 aliphatic rings. The van der Waals surface area contributed by atoms with Gasteiger partial charge in [0.2, 0.25) is 0 Å². The fourth-order valence-electron chi connectivity index (χ4n) is 1.44. The summed E-state index contributed by atoms with van der Waals surface area (Å²) in [5.41, 5.74) is -3.88. The van der Waals surface area contributed by atoms with E-state index < -0.39 is 37.3 Å². The van der Waals surface area contributed by atoms with Gasteiger partial charge in [-0.3, -0.25) is 30.3 Å². The molecule has 1 aromatic heterocycles. The third-order valence-electron chi connectivity index (χ3n) is 2.10. The van der Waals surface area contributed by atoms with Crippen molar-refractivity contribution in [1.82, 2.24) is 15.4 Å². The van der Waals surface area contributed by atoms with Crippen molar-refractivity contribution >= 4 is 28.1 Å². The van der Waals surface area contributed by atoms with Gasteiger partial charge in [-0.15, -0.1) is 5.10 Å². The van der Waals surface area contributed by atoms with Gasteiger partial charge in [-0.1, -0.05) is 0 Å². The molecular weight excluding hydrogens is 252 g/mol. The lowest BCUT2D eigenvalue weighted by Crippen LogP contribution is -2.02. The largest absolute Gasteiger partial charge is 0.424 e. The molecule has 0 fully saturated rings. The van der Waals surface area contributed by atoms with Crippen LogP contribution in [0.3, 0.4) is 0 Å². The van der Waals surface area contributed by atoms with Gasteiger partial charge < -0.3 is 0 Å². The van der Waals surface area contributed by atoms with Crippen LogP contribution < -0.4 is 0 Å². The van der Waals surface area contributed by atoms with Gasteiger partial charge in [0.25, 0.3) is 0 Å². The first-order chi connectivity index (χ1) is 8.43. The zero-order chi connectivity index (χ0) is 13.4. The monoisotopic (exact) mass is 254 g/mol. The molecule has 0 amide bonds. The summed E-state index contributed by atoms with van der Waals surface area (Å²) >= 11 is 0. The molecule has 2 rings (SSSR count). The predicted molar refractivity (Wildman–Crippen MR) is 53.9 cm³/mol. The first kappa shape index (κ1) is 11.3. The van der Waals surface area contributed by atoms with Crippen LogP contribution in [0.15, 0.2) is 6.07 Å². The second kappa shape index (κ2) is 3.69. The Balaban J connectivity index is 3.01. The Morgan fingerprint density at radius 2 is 1.56 bits per heavy atom. The first-order valence-electron chi connectivity index (χ1n) is 4.24. The highest BCUT2D eigenvalue weighted by molar-refractivity contribution is 5.93. The number of aromatic amines is 1. The van der Waals surface area contributed by atoms with Crippen LogP contribution in [-0.2, 0) is 0 Å². The second-order valence-corrected chi connectivity index (χ2v) is 3.06. The molecule has 0 radical (unpaired) electrons. The Morgan fingerprint density at radius 1 is 0.944 bits per heavy atom. The van der Waals surface area contributed by atoms with Crippen LogP contribution >= 0.6 is 0 Å². The Bertz CT molecular complexity index is 691. The van der Waals surface area contributed by atoms with Gasteiger partial charge in [0.15, 0.2) is 5.52 Å². The highest BCUT2D eigenvalue weighted by Crippen LogP contribution is 2.40. The number of hydrogen-bond acceptors (Lipinski definition) is 8. The Kier molecular flexibility index (Phi) is 2.32. The average molecular weight is 254 g/mol. The van der Waals surface area contributed by atoms with E-state index in [2.05, 4.69) is 10.2 Å². The van der Waals surface area contributed by atoms with Crippen molar-refractivity contribution in [3.8, 4) is 0 Å². The van der Waals surface area contributed by atoms with E-state index in [1.54, 1.807) is 0 Å². The molecule has 12 heteroatoms. The Morgan fingerprint density at radius 3 is 2.06 bits per heavy atom. The van der Waals surface area contributed by atoms with Crippen LogP contribution in [0.25, 0.3) is 11.0 Å². The highest BCUT2D eigenvalue weighted by atomic mass is 16.6. The molecule has 0 spiro atoms. The van der Waals surface area contributed by atoms with Crippen molar-refractivity contribution in [3.05, 3.63) is 36.4 Å². The number of benzene rings is 1. The van der Waals surface area contributed by atoms with Crippen molar-refractivity contribution in [1.29, 1.82) is 0 Å². The number of nitrogens with zero attached hydrogens (tertiary/aromatic N) is 5. The summed E-state index contributed by atoms with van der Waals surface area (Å²) in [5.74, 6) is 0. The summed E-state index contributed by atoms with van der Waals surface area (Å²) in [6, 6.07) is 0.754. The van der Waals surface area contributed by atoms with Gasteiger partial charge in [0.05, 0.1) is 20.8 Å². The average Bonchev–Trinajstić information content (AvgIpc) is 2.72. The third kappa shape index (κ3) is 1.48. The van der Waals surface area contributed by atoms with Crippen molar-refractivity contribution in [2.24, 2.45) is 0 Å². The van der Waals surface area contributed by atoms with Crippen molar-refractivity contribution < 1.29 is 14.8 Å². The number of H-pyrrole nitrogens is 1. The number of nitro groups is 3. The minimum absolute atomic E-state index is 0.195. The van der Waals surface area contributed by atoms with E-state index in [1.165, 1.54) is 0 Å². The standard InChI is InChI=1S/C6H2N6O6/c13-10(14)3-1-2-4(8-9-7-2)6(12(17)18)5(3)11(15)16/h1H,(H,7,8,9). The number of nitro benzene ring substituents is 3. The number of fused-ring (bicyclic) bond motifs is 1. The molecule has 0 bridgehead atoms. The van der Waals surface area contributed by atoms with E-state index in [9.17, 15) is 30.3 Å². The second-order valence-electron chi connectivity index (χ2n) is 3.06. The van der Waals surface area contributed by atoms with Gasteiger partial charge in [-0.25, -0.2) is 0 Å². The van der Waals surface area contributed by atoms with Crippen LogP contribution in [0, 0.1) is 30.3 Å². The van der Waals surface area contributed by atoms with E-state index >= 15 is 0 Å². The summed E-state index contributed by atoms with van der Waals surface area (Å²) in [6.45, 7) is 0. The molecule has 0 atom stereocenters. The Labute approximate surface area is 95.7 Å². The van der Waals surface area contributed by atoms with Crippen molar-refractivity contribution in [3.63, 3.8) is 0 Å². The Hall–Kier alpha value is -3.18. The van der Waals surface area contributed by atoms with Crippen LogP contribution in [0.1, 0.15) is 0 Å². The molecule has 1 heterocycles. The van der Waals surface area contributed by atoms with Crippen LogP contribution in [-0.4, -0.2) is 30.2 Å². The quantitative estimate of drug-likeness (QED) is 0.614. The van der Waals surface area contributed by atoms with E-state index in [0.29, 0.717) is 0 Å². The molecule has 12 nitrogen and oxygen atoms in total. The van der Waals surface area contributed by atoms with Gasteiger partial charge in [0, 0.05) is 0 Å². The summed E-state index contributed by atoms with van der Waals surface area (Å²) in [4.78, 5) is 28.9. The molecule has 92 valence electrons. The number of nitrogens with one attached hydrogen (secondary N) is 1. The minimum atomic E-state index is -1.22. The topological polar surface area (TPSA) is 171 Å². The summed E-state index contributed by atoms with van der Waals surface area (Å²) in [5, 5.41) is 41.1. The summed E-state index contributed by atoms with van der Waals surface area (Å²) in [6.07, 6.45) is 0. The maximum absolute atomic E-state index is 10.8. The SMILES string of the molecule is O=[N+]([O-])c1cc2n[nH]nc2c([N+](=O)[O-])c1[N+](=O)[O-]. The van der Waals surface area contributed by atoms with E-state index in [4.69, 9.17) is 0 Å². The molecule has 0 saturated carbocycles. The molecule has 0 saturated heterocycles. The fourth-order valence-corrected chi connectivity index (χ4v) is 1.44. The smallest absolute Gasteiger partial charge is 0.258 e. The highest BCUT2D eigenvalue weighted by Gasteiger charge is 2.40. The number of aromatic nitrogens is 3. The number of rotatable bonds is 3. The van der Waals surface area contributed by atoms with Gasteiger partial charge in [-0.2, -0.15) is 10.3 Å². The van der Waals surface area contributed by atoms with Gasteiger partial charge in [-0.05, 0) is 0 Å². The van der Waals surface area contributed by atoms with Crippen molar-refractivity contribution in [2.75, 3.05) is 0 Å². The molecule has 0 aliphatic heterocycles. The summed E-state index contributed by atoms with van der Waals surface area (Å²) < 4.78 is 0. The fraction of sp³-hybridized carbons (Fsp3) is 0. The molecule has 1 aromatic carbocycles. The lowest BCUT2D eigenvalue weighted by molar-refractivity contribution is -0.440. The maximum atomic E-state index is 10.8. The molecule has 0 aliphatic carbocycles. The van der Waals surface area contributed by atoms with Crippen LogP contribution in [0.2, 0.25) is 0 Å². The molecule has 0 unspecified atom stereocenters. The zero-order valence-electron chi connectivity index (χ0n) is 8.26. The lowest BCUT2D eigenvalue weighted by Gasteiger charge is -1.96. The lowest BCUT2D eigenvalue weighted by atomic mass is 10.2. The first-order valence-corrected chi connectivity index (χ1v) is 4.24. The predicted octanol–water partition coefficient (Wildman–Crippen LogP) is 0.682. The minimum Gasteiger partial charge on any atom is -0.258 e. The van der Waals surface area contributed by atoms with Gasteiger partial charge >= 0.3 is 17.1 Å². The zero-order valence-corrected chi connectivity index (χ0v) is 8.26. The van der Waals surface area contributed by atoms with E-state index in [-0.39, 0.29) is 5.52 Å². The van der Waals surface area contributed by atoms with Crippen LogP contribution in [0.4, 0.5) is 17.1 Å². The molecule has 2 aromatic rings. The maximum Gasteiger partial charge on any atom is 0.424 e. The normalized spacial score (nSPS) is 10.4.